The lowest BCUT2D eigenvalue weighted by molar-refractivity contribution is -0.141. The molecule has 132 valence electrons. The molecule has 0 aliphatic carbocycles. The third kappa shape index (κ3) is 7.26. The van der Waals surface area contributed by atoms with Crippen molar-refractivity contribution in [3.63, 3.8) is 0 Å². The Morgan fingerprint density at radius 3 is 2.12 bits per heavy atom. The molecule has 0 aliphatic rings. The molecule has 1 aromatic carbocycles. The maximum atomic E-state index is 12.0. The second-order valence-corrected chi connectivity index (χ2v) is 6.19. The molecule has 1 rings (SSSR count). The second kappa shape index (κ2) is 9.70. The van der Waals surface area contributed by atoms with Gasteiger partial charge in [0.25, 0.3) is 0 Å². The van der Waals surface area contributed by atoms with Crippen LogP contribution in [0.5, 0.6) is 0 Å². The molecule has 0 aliphatic heterocycles. The molecule has 0 spiro atoms. The minimum absolute atomic E-state index is 0.127. The smallest absolute Gasteiger partial charge is 0.325 e. The molecule has 0 heterocycles. The average Bonchev–Trinajstić information content (AvgIpc) is 2.52. The van der Waals surface area contributed by atoms with E-state index in [9.17, 15) is 14.4 Å². The van der Waals surface area contributed by atoms with Gasteiger partial charge in [-0.2, -0.15) is 0 Å². The van der Waals surface area contributed by atoms with Crippen molar-refractivity contribution in [3.05, 3.63) is 29.8 Å². The standard InChI is InChI=1S/C18H26N2O4/c1-12(2)14-5-7-15(8-6-14)20-17(22)10-13(3)9-16(21)19-11-18(23)24-4/h5-8,12-13H,9-11H2,1-4H3,(H,19,21)(H,20,22). The van der Waals surface area contributed by atoms with Gasteiger partial charge in [-0.3, -0.25) is 14.4 Å². The first kappa shape index (κ1) is 19.7. The van der Waals surface area contributed by atoms with Gasteiger partial charge in [0.05, 0.1) is 7.11 Å². The quantitative estimate of drug-likeness (QED) is 0.715. The first-order valence-electron chi connectivity index (χ1n) is 8.05. The number of amides is 2. The van der Waals surface area contributed by atoms with E-state index in [1.807, 2.05) is 31.2 Å². The largest absolute Gasteiger partial charge is 0.468 e. The van der Waals surface area contributed by atoms with Crippen LogP contribution in [0.25, 0.3) is 0 Å². The van der Waals surface area contributed by atoms with Crippen LogP contribution in [-0.2, 0) is 19.1 Å². The van der Waals surface area contributed by atoms with Gasteiger partial charge in [0.1, 0.15) is 6.54 Å². The van der Waals surface area contributed by atoms with Crippen molar-refractivity contribution in [1.82, 2.24) is 5.32 Å². The third-order valence-corrected chi connectivity index (χ3v) is 3.59. The number of rotatable bonds is 8. The summed E-state index contributed by atoms with van der Waals surface area (Å²) in [6.07, 6.45) is 0.411. The zero-order valence-corrected chi connectivity index (χ0v) is 14.7. The van der Waals surface area contributed by atoms with E-state index in [0.717, 1.165) is 5.69 Å². The molecule has 1 unspecified atom stereocenters. The summed E-state index contributed by atoms with van der Waals surface area (Å²) < 4.78 is 4.44. The minimum Gasteiger partial charge on any atom is -0.468 e. The molecule has 1 aromatic rings. The number of esters is 1. The molecular formula is C18H26N2O4. The Morgan fingerprint density at radius 2 is 1.58 bits per heavy atom. The van der Waals surface area contributed by atoms with Crippen LogP contribution in [0.15, 0.2) is 24.3 Å². The van der Waals surface area contributed by atoms with Gasteiger partial charge in [-0.05, 0) is 29.5 Å². The molecule has 1 atom stereocenters. The van der Waals surface area contributed by atoms with Crippen molar-refractivity contribution in [2.45, 2.75) is 39.5 Å². The van der Waals surface area contributed by atoms with E-state index in [2.05, 4.69) is 29.2 Å². The van der Waals surface area contributed by atoms with Crippen molar-refractivity contribution in [2.75, 3.05) is 19.0 Å². The van der Waals surface area contributed by atoms with Crippen molar-refractivity contribution in [3.8, 4) is 0 Å². The molecule has 0 saturated carbocycles. The molecule has 0 aromatic heterocycles. The van der Waals surface area contributed by atoms with Crippen LogP contribution in [-0.4, -0.2) is 31.4 Å². The van der Waals surface area contributed by atoms with Crippen LogP contribution in [0.1, 0.15) is 45.1 Å². The molecule has 0 saturated heterocycles. The molecule has 0 radical (unpaired) electrons. The summed E-state index contributed by atoms with van der Waals surface area (Å²) in [6.45, 7) is 5.89. The molecule has 6 heteroatoms. The van der Waals surface area contributed by atoms with Crippen LogP contribution < -0.4 is 10.6 Å². The highest BCUT2D eigenvalue weighted by molar-refractivity contribution is 5.91. The summed E-state index contributed by atoms with van der Waals surface area (Å²) in [4.78, 5) is 34.6. The van der Waals surface area contributed by atoms with Gasteiger partial charge in [0, 0.05) is 18.5 Å². The lowest BCUT2D eigenvalue weighted by Gasteiger charge is -2.12. The summed E-state index contributed by atoms with van der Waals surface area (Å²) >= 11 is 0. The van der Waals surface area contributed by atoms with Crippen LogP contribution in [0.2, 0.25) is 0 Å². The predicted octanol–water partition coefficient (Wildman–Crippen LogP) is 2.45. The second-order valence-electron chi connectivity index (χ2n) is 6.19. The van der Waals surface area contributed by atoms with Crippen molar-refractivity contribution in [1.29, 1.82) is 0 Å². The summed E-state index contributed by atoms with van der Waals surface area (Å²) in [5.41, 5.74) is 1.95. The van der Waals surface area contributed by atoms with E-state index < -0.39 is 5.97 Å². The van der Waals surface area contributed by atoms with E-state index in [1.54, 1.807) is 0 Å². The Kier molecular flexibility index (Phi) is 7.95. The van der Waals surface area contributed by atoms with E-state index >= 15 is 0 Å². The predicted molar refractivity (Wildman–Crippen MR) is 92.6 cm³/mol. The Labute approximate surface area is 143 Å². The van der Waals surface area contributed by atoms with Crippen LogP contribution >= 0.6 is 0 Å². The number of benzene rings is 1. The lowest BCUT2D eigenvalue weighted by Crippen LogP contribution is -2.31. The fraction of sp³-hybridized carbons (Fsp3) is 0.500. The fourth-order valence-corrected chi connectivity index (χ4v) is 2.18. The van der Waals surface area contributed by atoms with Gasteiger partial charge in [-0.15, -0.1) is 0 Å². The van der Waals surface area contributed by atoms with Crippen LogP contribution in [0.4, 0.5) is 5.69 Å². The van der Waals surface area contributed by atoms with E-state index in [1.165, 1.54) is 12.7 Å². The average molecular weight is 334 g/mol. The monoisotopic (exact) mass is 334 g/mol. The Bertz CT molecular complexity index is 567. The summed E-state index contributed by atoms with van der Waals surface area (Å²) in [6, 6.07) is 7.73. The van der Waals surface area contributed by atoms with Gasteiger partial charge >= 0.3 is 5.97 Å². The van der Waals surface area contributed by atoms with E-state index in [0.29, 0.717) is 5.92 Å². The topological polar surface area (TPSA) is 84.5 Å². The normalized spacial score (nSPS) is 11.7. The highest BCUT2D eigenvalue weighted by Crippen LogP contribution is 2.18. The van der Waals surface area contributed by atoms with Crippen molar-refractivity contribution in [2.24, 2.45) is 5.92 Å². The van der Waals surface area contributed by atoms with Gasteiger partial charge in [-0.1, -0.05) is 32.9 Å². The molecule has 0 fully saturated rings. The number of hydrogen-bond acceptors (Lipinski definition) is 4. The molecule has 6 nitrogen and oxygen atoms in total. The lowest BCUT2D eigenvalue weighted by atomic mass is 10.0. The Balaban J connectivity index is 2.38. The van der Waals surface area contributed by atoms with Crippen molar-refractivity contribution >= 4 is 23.5 Å². The highest BCUT2D eigenvalue weighted by Gasteiger charge is 2.14. The maximum Gasteiger partial charge on any atom is 0.325 e. The van der Waals surface area contributed by atoms with Crippen LogP contribution in [0, 0.1) is 5.92 Å². The number of nitrogens with one attached hydrogen (secondary N) is 2. The molecule has 24 heavy (non-hydrogen) atoms. The number of carbonyl (C=O) groups is 3. The van der Waals surface area contributed by atoms with E-state index in [4.69, 9.17) is 0 Å². The molecule has 0 bridgehead atoms. The fourth-order valence-electron chi connectivity index (χ4n) is 2.18. The SMILES string of the molecule is COC(=O)CNC(=O)CC(C)CC(=O)Nc1ccc(C(C)C)cc1. The summed E-state index contributed by atoms with van der Waals surface area (Å²) in [5, 5.41) is 5.29. The third-order valence-electron chi connectivity index (χ3n) is 3.59. The minimum atomic E-state index is -0.501. The van der Waals surface area contributed by atoms with Gasteiger partial charge < -0.3 is 15.4 Å². The number of methoxy groups -OCH3 is 1. The first-order chi connectivity index (χ1) is 11.3. The zero-order valence-electron chi connectivity index (χ0n) is 14.7. The van der Waals surface area contributed by atoms with Crippen LogP contribution in [0.3, 0.4) is 0 Å². The van der Waals surface area contributed by atoms with Gasteiger partial charge in [0.2, 0.25) is 11.8 Å². The number of carbonyl (C=O) groups excluding carboxylic acids is 3. The zero-order chi connectivity index (χ0) is 18.1. The Hall–Kier alpha value is -2.37. The summed E-state index contributed by atoms with van der Waals surface area (Å²) in [5.74, 6) is -0.600. The Morgan fingerprint density at radius 1 is 1.00 bits per heavy atom. The molecule has 2 amide bonds. The number of anilines is 1. The number of ether oxygens (including phenoxy) is 1. The van der Waals surface area contributed by atoms with Gasteiger partial charge in [-0.25, -0.2) is 0 Å². The molecular weight excluding hydrogens is 308 g/mol. The highest BCUT2D eigenvalue weighted by atomic mass is 16.5. The van der Waals surface area contributed by atoms with E-state index in [-0.39, 0.29) is 37.1 Å². The van der Waals surface area contributed by atoms with Gasteiger partial charge in [0.15, 0.2) is 0 Å². The van der Waals surface area contributed by atoms with Crippen molar-refractivity contribution < 1.29 is 19.1 Å². The molecule has 2 N–H and O–H groups in total. The first-order valence-corrected chi connectivity index (χ1v) is 8.05. The maximum absolute atomic E-state index is 12.0. The summed E-state index contributed by atoms with van der Waals surface area (Å²) in [7, 11) is 1.26. The number of hydrogen-bond donors (Lipinski definition) is 2.